The molecule has 2 heteroatoms. The number of benzene rings is 1. The van der Waals surface area contributed by atoms with Crippen molar-refractivity contribution in [3.8, 4) is 0 Å². The van der Waals surface area contributed by atoms with Gasteiger partial charge in [-0.15, -0.1) is 0 Å². The Morgan fingerprint density at radius 3 is 2.73 bits per heavy atom. The van der Waals surface area contributed by atoms with Crippen molar-refractivity contribution in [1.29, 1.82) is 0 Å². The summed E-state index contributed by atoms with van der Waals surface area (Å²) in [5, 5.41) is 0. The largest absolute Gasteiger partial charge is 0.375 e. The van der Waals surface area contributed by atoms with Crippen molar-refractivity contribution in [2.45, 2.75) is 38.8 Å². The van der Waals surface area contributed by atoms with Crippen molar-refractivity contribution in [3.63, 3.8) is 0 Å². The molecule has 2 nitrogen and oxygen atoms in total. The summed E-state index contributed by atoms with van der Waals surface area (Å²) in [6.07, 6.45) is 0. The van der Waals surface area contributed by atoms with Crippen LogP contribution in [0.5, 0.6) is 0 Å². The summed E-state index contributed by atoms with van der Waals surface area (Å²) in [6, 6.07) is 6.44. The lowest BCUT2D eigenvalue weighted by Gasteiger charge is -2.30. The van der Waals surface area contributed by atoms with E-state index in [9.17, 15) is 0 Å². The third-order valence-corrected chi connectivity index (χ3v) is 2.96. The number of hydrogen-bond donors (Lipinski definition) is 1. The molecule has 2 rings (SSSR count). The van der Waals surface area contributed by atoms with Gasteiger partial charge in [0.15, 0.2) is 0 Å². The lowest BCUT2D eigenvalue weighted by atomic mass is 9.81. The zero-order valence-electron chi connectivity index (χ0n) is 9.71. The molecule has 1 aromatic carbocycles. The molecule has 1 aromatic rings. The molecule has 1 heterocycles. The number of nitrogens with two attached hydrogens (primary N) is 1. The number of hydrogen-bond acceptors (Lipinski definition) is 2. The van der Waals surface area contributed by atoms with Crippen LogP contribution in [0.2, 0.25) is 0 Å². The molecule has 0 aromatic heterocycles. The fourth-order valence-electron chi connectivity index (χ4n) is 2.19. The second-order valence-electron chi connectivity index (χ2n) is 5.24. The zero-order chi connectivity index (χ0) is 11.1. The minimum Gasteiger partial charge on any atom is -0.375 e. The van der Waals surface area contributed by atoms with E-state index in [2.05, 4.69) is 39.0 Å². The molecule has 0 saturated carbocycles. The summed E-state index contributed by atoms with van der Waals surface area (Å²) >= 11 is 0. The van der Waals surface area contributed by atoms with Gasteiger partial charge in [0.05, 0.1) is 19.3 Å². The maximum Gasteiger partial charge on any atom is 0.0723 e. The first-order valence-electron chi connectivity index (χ1n) is 5.46. The second kappa shape index (κ2) is 3.62. The van der Waals surface area contributed by atoms with Gasteiger partial charge in [0.1, 0.15) is 0 Å². The van der Waals surface area contributed by atoms with Crippen LogP contribution in [0.4, 0.5) is 0 Å². The summed E-state index contributed by atoms with van der Waals surface area (Å²) in [7, 11) is 0. The molecule has 1 atom stereocenters. The van der Waals surface area contributed by atoms with Gasteiger partial charge in [0.2, 0.25) is 0 Å². The molecule has 82 valence electrons. The van der Waals surface area contributed by atoms with Gasteiger partial charge in [-0.05, 0) is 22.1 Å². The van der Waals surface area contributed by atoms with Gasteiger partial charge in [-0.2, -0.15) is 0 Å². The van der Waals surface area contributed by atoms with Crippen LogP contribution in [0.25, 0.3) is 0 Å². The standard InChI is InChI=1S/C13H19NO/c1-13(2,3)11-6-4-5-9-10(11)7-15-8-12(9)14/h4-6,12H,7-8,14H2,1-3H3/t12-/m0/s1. The van der Waals surface area contributed by atoms with Crippen molar-refractivity contribution < 1.29 is 4.74 Å². The number of ether oxygens (including phenoxy) is 1. The lowest BCUT2D eigenvalue weighted by molar-refractivity contribution is 0.0910. The Kier molecular flexibility index (Phi) is 2.57. The van der Waals surface area contributed by atoms with E-state index in [1.807, 2.05) is 0 Å². The van der Waals surface area contributed by atoms with Gasteiger partial charge in [-0.3, -0.25) is 0 Å². The molecule has 0 amide bonds. The summed E-state index contributed by atoms with van der Waals surface area (Å²) in [4.78, 5) is 0. The van der Waals surface area contributed by atoms with Gasteiger partial charge < -0.3 is 10.5 Å². The normalized spacial score (nSPS) is 21.2. The fourth-order valence-corrected chi connectivity index (χ4v) is 2.19. The SMILES string of the molecule is CC(C)(C)c1cccc2c1COC[C@@H]2N. The highest BCUT2D eigenvalue weighted by molar-refractivity contribution is 5.41. The average Bonchev–Trinajstić information content (AvgIpc) is 2.16. The monoisotopic (exact) mass is 205 g/mol. The highest BCUT2D eigenvalue weighted by Gasteiger charge is 2.24. The molecule has 0 saturated heterocycles. The first-order chi connectivity index (χ1) is 7.00. The van der Waals surface area contributed by atoms with E-state index in [-0.39, 0.29) is 11.5 Å². The molecule has 0 bridgehead atoms. The van der Waals surface area contributed by atoms with Crippen LogP contribution in [0, 0.1) is 0 Å². The molecule has 0 fully saturated rings. The Morgan fingerprint density at radius 1 is 1.33 bits per heavy atom. The molecular weight excluding hydrogens is 186 g/mol. The highest BCUT2D eigenvalue weighted by Crippen LogP contribution is 2.32. The Bertz CT molecular complexity index is 365. The number of fused-ring (bicyclic) bond motifs is 1. The second-order valence-corrected chi connectivity index (χ2v) is 5.24. The van der Waals surface area contributed by atoms with Crippen molar-refractivity contribution in [1.82, 2.24) is 0 Å². The van der Waals surface area contributed by atoms with Crippen molar-refractivity contribution in [3.05, 3.63) is 34.9 Å². The van der Waals surface area contributed by atoms with E-state index >= 15 is 0 Å². The first-order valence-corrected chi connectivity index (χ1v) is 5.46. The van der Waals surface area contributed by atoms with Gasteiger partial charge in [0, 0.05) is 0 Å². The maximum absolute atomic E-state index is 6.03. The van der Waals surface area contributed by atoms with Gasteiger partial charge in [-0.1, -0.05) is 39.0 Å². The Balaban J connectivity index is 2.54. The minimum atomic E-state index is 0.0380. The average molecular weight is 205 g/mol. The minimum absolute atomic E-state index is 0.0380. The fraction of sp³-hybridized carbons (Fsp3) is 0.538. The quantitative estimate of drug-likeness (QED) is 0.706. The summed E-state index contributed by atoms with van der Waals surface area (Å²) in [5.74, 6) is 0. The Hall–Kier alpha value is -0.860. The van der Waals surface area contributed by atoms with E-state index < -0.39 is 0 Å². The zero-order valence-corrected chi connectivity index (χ0v) is 9.71. The van der Waals surface area contributed by atoms with Crippen LogP contribution in [0.15, 0.2) is 18.2 Å². The molecular formula is C13H19NO. The molecule has 15 heavy (non-hydrogen) atoms. The number of rotatable bonds is 0. The summed E-state index contributed by atoms with van der Waals surface area (Å²) in [6.45, 7) is 8.02. The van der Waals surface area contributed by atoms with E-state index in [4.69, 9.17) is 10.5 Å². The lowest BCUT2D eigenvalue weighted by Crippen LogP contribution is -2.26. The van der Waals surface area contributed by atoms with Crippen LogP contribution in [0.3, 0.4) is 0 Å². The van der Waals surface area contributed by atoms with Crippen LogP contribution in [-0.4, -0.2) is 6.61 Å². The van der Waals surface area contributed by atoms with Crippen LogP contribution >= 0.6 is 0 Å². The smallest absolute Gasteiger partial charge is 0.0723 e. The molecule has 1 aliphatic heterocycles. The maximum atomic E-state index is 6.03. The molecule has 0 spiro atoms. The molecule has 0 aliphatic carbocycles. The van der Waals surface area contributed by atoms with Crippen molar-refractivity contribution in [2.75, 3.05) is 6.61 Å². The topological polar surface area (TPSA) is 35.2 Å². The van der Waals surface area contributed by atoms with Crippen LogP contribution < -0.4 is 5.73 Å². The predicted octanol–water partition coefficient (Wildman–Crippen LogP) is 2.51. The summed E-state index contributed by atoms with van der Waals surface area (Å²) in [5.41, 5.74) is 10.1. The first kappa shape index (κ1) is 10.7. The van der Waals surface area contributed by atoms with E-state index in [1.165, 1.54) is 16.7 Å². The van der Waals surface area contributed by atoms with E-state index in [1.54, 1.807) is 0 Å². The predicted molar refractivity (Wildman–Crippen MR) is 61.7 cm³/mol. The van der Waals surface area contributed by atoms with Gasteiger partial charge >= 0.3 is 0 Å². The Labute approximate surface area is 91.4 Å². The molecule has 0 radical (unpaired) electrons. The Morgan fingerprint density at radius 2 is 2.07 bits per heavy atom. The van der Waals surface area contributed by atoms with Crippen molar-refractivity contribution >= 4 is 0 Å². The molecule has 0 unspecified atom stereocenters. The van der Waals surface area contributed by atoms with Gasteiger partial charge in [0.25, 0.3) is 0 Å². The molecule has 2 N–H and O–H groups in total. The third kappa shape index (κ3) is 1.92. The van der Waals surface area contributed by atoms with E-state index in [0.29, 0.717) is 13.2 Å². The molecule has 1 aliphatic rings. The van der Waals surface area contributed by atoms with Crippen LogP contribution in [0.1, 0.15) is 43.5 Å². The van der Waals surface area contributed by atoms with Gasteiger partial charge in [-0.25, -0.2) is 0 Å². The highest BCUT2D eigenvalue weighted by atomic mass is 16.5. The van der Waals surface area contributed by atoms with Crippen LogP contribution in [-0.2, 0) is 16.8 Å². The third-order valence-electron chi connectivity index (χ3n) is 2.96. The summed E-state index contributed by atoms with van der Waals surface area (Å²) < 4.78 is 5.52. The van der Waals surface area contributed by atoms with Crippen molar-refractivity contribution in [2.24, 2.45) is 5.73 Å². The van der Waals surface area contributed by atoms with E-state index in [0.717, 1.165) is 0 Å².